The van der Waals surface area contributed by atoms with Crippen molar-refractivity contribution >= 4 is 41.1 Å². The Balaban J connectivity index is 1.50. The van der Waals surface area contributed by atoms with E-state index in [2.05, 4.69) is 15.2 Å². The highest BCUT2D eigenvalue weighted by atomic mass is 32.2. The van der Waals surface area contributed by atoms with E-state index in [1.54, 1.807) is 13.0 Å². The molecule has 1 N–H and O–H groups in total. The van der Waals surface area contributed by atoms with E-state index in [-0.39, 0.29) is 23.0 Å². The molecule has 1 fully saturated rings. The molecule has 32 heavy (non-hydrogen) atoms. The molecule has 0 aliphatic carbocycles. The summed E-state index contributed by atoms with van der Waals surface area (Å²) in [5.41, 5.74) is 1.17. The molecule has 0 saturated carbocycles. The first-order valence-electron chi connectivity index (χ1n) is 10.6. The molecule has 8 nitrogen and oxygen atoms in total. The fourth-order valence-electron chi connectivity index (χ4n) is 3.40. The predicted molar refractivity (Wildman–Crippen MR) is 125 cm³/mol. The molecule has 1 saturated heterocycles. The van der Waals surface area contributed by atoms with Crippen molar-refractivity contribution in [3.8, 4) is 0 Å². The number of carbonyl (C=O) groups is 3. The maximum Gasteiger partial charge on any atom is 0.339 e. The summed E-state index contributed by atoms with van der Waals surface area (Å²) in [6.45, 7) is 8.08. The Labute approximate surface area is 192 Å². The SMILES string of the molecule is CCOC(=O)c1ccc(N2CCN(C(=O)C(C)Sc3ccc(NC(C)=O)cc3)CC2)nc1. The van der Waals surface area contributed by atoms with Crippen LogP contribution >= 0.6 is 11.8 Å². The molecule has 2 heterocycles. The van der Waals surface area contributed by atoms with Crippen molar-refractivity contribution in [2.24, 2.45) is 0 Å². The van der Waals surface area contributed by atoms with Gasteiger partial charge in [0.05, 0.1) is 17.4 Å². The zero-order chi connectivity index (χ0) is 23.1. The number of esters is 1. The summed E-state index contributed by atoms with van der Waals surface area (Å²) in [4.78, 5) is 45.1. The molecule has 1 unspecified atom stereocenters. The standard InChI is InChI=1S/C23H28N4O4S/c1-4-31-23(30)18-5-10-21(24-15-18)26-11-13-27(14-12-26)22(29)16(2)32-20-8-6-19(7-9-20)25-17(3)28/h5-10,15-16H,4,11-14H2,1-3H3,(H,25,28). The van der Waals surface area contributed by atoms with Gasteiger partial charge in [0.25, 0.3) is 0 Å². The molecular formula is C23H28N4O4S. The van der Waals surface area contributed by atoms with Crippen molar-refractivity contribution in [1.82, 2.24) is 9.88 Å². The van der Waals surface area contributed by atoms with Gasteiger partial charge in [-0.2, -0.15) is 0 Å². The minimum Gasteiger partial charge on any atom is -0.462 e. The molecular weight excluding hydrogens is 428 g/mol. The number of nitrogens with zero attached hydrogens (tertiary/aromatic N) is 3. The number of thioether (sulfide) groups is 1. The Morgan fingerprint density at radius 1 is 1.09 bits per heavy atom. The molecule has 1 aliphatic rings. The quantitative estimate of drug-likeness (QED) is 0.506. The lowest BCUT2D eigenvalue weighted by Gasteiger charge is -2.36. The third-order valence-corrected chi connectivity index (χ3v) is 6.11. The highest BCUT2D eigenvalue weighted by Gasteiger charge is 2.26. The molecule has 1 aliphatic heterocycles. The number of pyridine rings is 1. The molecule has 2 aromatic rings. The smallest absolute Gasteiger partial charge is 0.339 e. The summed E-state index contributed by atoms with van der Waals surface area (Å²) < 4.78 is 4.98. The van der Waals surface area contributed by atoms with Crippen LogP contribution in [0, 0.1) is 0 Å². The van der Waals surface area contributed by atoms with E-state index in [4.69, 9.17) is 4.74 Å². The summed E-state index contributed by atoms with van der Waals surface area (Å²) in [5, 5.41) is 2.52. The van der Waals surface area contributed by atoms with Gasteiger partial charge in [0, 0.05) is 49.9 Å². The lowest BCUT2D eigenvalue weighted by atomic mass is 10.2. The van der Waals surface area contributed by atoms with Crippen LogP contribution in [-0.2, 0) is 14.3 Å². The number of amides is 2. The van der Waals surface area contributed by atoms with E-state index < -0.39 is 0 Å². The average molecular weight is 457 g/mol. The van der Waals surface area contributed by atoms with Crippen LogP contribution in [-0.4, -0.2) is 65.7 Å². The highest BCUT2D eigenvalue weighted by molar-refractivity contribution is 8.00. The Kier molecular flexibility index (Phi) is 8.10. The van der Waals surface area contributed by atoms with Crippen LogP contribution in [0.1, 0.15) is 31.1 Å². The first-order chi connectivity index (χ1) is 15.4. The van der Waals surface area contributed by atoms with Crippen LogP contribution in [0.4, 0.5) is 11.5 Å². The molecule has 1 atom stereocenters. The van der Waals surface area contributed by atoms with Gasteiger partial charge in [0.1, 0.15) is 5.82 Å². The van der Waals surface area contributed by atoms with E-state index >= 15 is 0 Å². The van der Waals surface area contributed by atoms with Gasteiger partial charge >= 0.3 is 5.97 Å². The maximum absolute atomic E-state index is 12.9. The second-order valence-corrected chi connectivity index (χ2v) is 8.82. The van der Waals surface area contributed by atoms with E-state index in [1.807, 2.05) is 42.2 Å². The van der Waals surface area contributed by atoms with Gasteiger partial charge in [-0.25, -0.2) is 9.78 Å². The molecule has 0 radical (unpaired) electrons. The number of benzene rings is 1. The number of carbonyl (C=O) groups excluding carboxylic acids is 3. The van der Waals surface area contributed by atoms with Crippen molar-refractivity contribution in [3.05, 3.63) is 48.2 Å². The summed E-state index contributed by atoms with van der Waals surface area (Å²) >= 11 is 1.50. The average Bonchev–Trinajstić information content (AvgIpc) is 2.80. The minimum atomic E-state index is -0.377. The van der Waals surface area contributed by atoms with E-state index in [0.717, 1.165) is 16.4 Å². The molecule has 0 spiro atoms. The zero-order valence-corrected chi connectivity index (χ0v) is 19.4. The topological polar surface area (TPSA) is 91.8 Å². The van der Waals surface area contributed by atoms with Crippen molar-refractivity contribution in [3.63, 3.8) is 0 Å². The lowest BCUT2D eigenvalue weighted by Crippen LogP contribution is -2.50. The van der Waals surface area contributed by atoms with Gasteiger partial charge in [-0.1, -0.05) is 0 Å². The first kappa shape index (κ1) is 23.6. The molecule has 1 aromatic heterocycles. The number of anilines is 2. The van der Waals surface area contributed by atoms with E-state index in [0.29, 0.717) is 38.3 Å². The zero-order valence-electron chi connectivity index (χ0n) is 18.5. The largest absolute Gasteiger partial charge is 0.462 e. The van der Waals surface area contributed by atoms with Gasteiger partial charge < -0.3 is 19.9 Å². The van der Waals surface area contributed by atoms with Crippen molar-refractivity contribution in [2.45, 2.75) is 30.9 Å². The monoisotopic (exact) mass is 456 g/mol. The number of ether oxygens (including phenoxy) is 1. The summed E-state index contributed by atoms with van der Waals surface area (Å²) in [6, 6.07) is 11.0. The van der Waals surface area contributed by atoms with Gasteiger partial charge in [0.2, 0.25) is 11.8 Å². The third-order valence-electron chi connectivity index (χ3n) is 5.01. The highest BCUT2D eigenvalue weighted by Crippen LogP contribution is 2.26. The predicted octanol–water partition coefficient (Wildman–Crippen LogP) is 3.05. The molecule has 1 aromatic carbocycles. The van der Waals surface area contributed by atoms with Crippen molar-refractivity contribution < 1.29 is 19.1 Å². The maximum atomic E-state index is 12.9. The van der Waals surface area contributed by atoms with Crippen LogP contribution in [0.15, 0.2) is 47.5 Å². The van der Waals surface area contributed by atoms with Crippen LogP contribution in [0.3, 0.4) is 0 Å². The number of nitrogens with one attached hydrogen (secondary N) is 1. The summed E-state index contributed by atoms with van der Waals surface area (Å²) in [5.74, 6) is 0.398. The fraction of sp³-hybridized carbons (Fsp3) is 0.391. The number of aromatic nitrogens is 1. The second kappa shape index (κ2) is 11.0. The van der Waals surface area contributed by atoms with Crippen LogP contribution in [0.25, 0.3) is 0 Å². The Morgan fingerprint density at radius 3 is 2.34 bits per heavy atom. The number of piperazine rings is 1. The first-order valence-corrected chi connectivity index (χ1v) is 11.5. The van der Waals surface area contributed by atoms with E-state index in [1.165, 1.54) is 24.9 Å². The van der Waals surface area contributed by atoms with Crippen molar-refractivity contribution in [1.29, 1.82) is 0 Å². The van der Waals surface area contributed by atoms with Crippen LogP contribution in [0.5, 0.6) is 0 Å². The fourth-order valence-corrected chi connectivity index (χ4v) is 4.35. The third kappa shape index (κ3) is 6.23. The molecule has 0 bridgehead atoms. The number of rotatable bonds is 7. The van der Waals surface area contributed by atoms with E-state index in [9.17, 15) is 14.4 Å². The summed E-state index contributed by atoms with van der Waals surface area (Å²) in [7, 11) is 0. The van der Waals surface area contributed by atoms with Crippen LogP contribution in [0.2, 0.25) is 0 Å². The molecule has 3 rings (SSSR count). The molecule has 2 amide bonds. The Hall–Kier alpha value is -3.07. The number of hydrogen-bond acceptors (Lipinski definition) is 7. The summed E-state index contributed by atoms with van der Waals surface area (Å²) in [6.07, 6.45) is 1.53. The van der Waals surface area contributed by atoms with Gasteiger partial charge in [-0.3, -0.25) is 9.59 Å². The molecule has 170 valence electrons. The Bertz CT molecular complexity index is 941. The van der Waals surface area contributed by atoms with Gasteiger partial charge in [0.15, 0.2) is 0 Å². The Morgan fingerprint density at radius 2 is 1.78 bits per heavy atom. The van der Waals surface area contributed by atoms with Gasteiger partial charge in [-0.05, 0) is 50.2 Å². The van der Waals surface area contributed by atoms with Crippen LogP contribution < -0.4 is 10.2 Å². The van der Waals surface area contributed by atoms with Gasteiger partial charge in [-0.15, -0.1) is 11.8 Å². The second-order valence-electron chi connectivity index (χ2n) is 7.40. The normalized spacial score (nSPS) is 14.6. The lowest BCUT2D eigenvalue weighted by molar-refractivity contribution is -0.130. The van der Waals surface area contributed by atoms with Crippen molar-refractivity contribution in [2.75, 3.05) is 43.0 Å². The molecule has 9 heteroatoms. The number of hydrogen-bond donors (Lipinski definition) is 1. The minimum absolute atomic E-state index is 0.103.